The zero-order valence-electron chi connectivity index (χ0n) is 16.5. The smallest absolute Gasteiger partial charge is 0.262 e. The fourth-order valence-electron chi connectivity index (χ4n) is 2.73. The predicted molar refractivity (Wildman–Crippen MR) is 122 cm³/mol. The van der Waals surface area contributed by atoms with E-state index in [1.165, 1.54) is 0 Å². The predicted octanol–water partition coefficient (Wildman–Crippen LogP) is 6.02. The normalized spacial score (nSPS) is 10.4. The van der Waals surface area contributed by atoms with E-state index in [1.54, 1.807) is 30.3 Å². The Bertz CT molecular complexity index is 994. The van der Waals surface area contributed by atoms with Gasteiger partial charge in [-0.05, 0) is 61.0 Å². The first kappa shape index (κ1) is 21.8. The molecule has 0 spiro atoms. The summed E-state index contributed by atoms with van der Waals surface area (Å²) < 4.78 is 11.4. The third kappa shape index (κ3) is 6.31. The van der Waals surface area contributed by atoms with Crippen molar-refractivity contribution in [1.29, 1.82) is 0 Å². The Kier molecular flexibility index (Phi) is 7.82. The van der Waals surface area contributed by atoms with Crippen LogP contribution >= 0.6 is 23.2 Å². The number of ether oxygens (including phenoxy) is 2. The molecule has 0 fully saturated rings. The first-order chi connectivity index (χ1) is 14.5. The Morgan fingerprint density at radius 3 is 2.43 bits per heavy atom. The SMILES string of the molecule is CCOc1cc(CNc2ccccc2Cl)ccc1OCC(=O)Nc1ccc(Cl)cc1. The molecule has 0 aliphatic rings. The summed E-state index contributed by atoms with van der Waals surface area (Å²) in [4.78, 5) is 12.2. The maximum Gasteiger partial charge on any atom is 0.262 e. The van der Waals surface area contributed by atoms with Crippen molar-refractivity contribution in [3.63, 3.8) is 0 Å². The third-order valence-corrected chi connectivity index (χ3v) is 4.73. The Hall–Kier alpha value is -2.89. The number of hydrogen-bond acceptors (Lipinski definition) is 4. The maximum absolute atomic E-state index is 12.2. The molecule has 5 nitrogen and oxygen atoms in total. The average Bonchev–Trinajstić information content (AvgIpc) is 2.74. The summed E-state index contributed by atoms with van der Waals surface area (Å²) in [7, 11) is 0. The average molecular weight is 445 g/mol. The van der Waals surface area contributed by atoms with Gasteiger partial charge in [-0.1, -0.05) is 41.4 Å². The fourth-order valence-corrected chi connectivity index (χ4v) is 3.05. The molecule has 0 aliphatic carbocycles. The first-order valence-corrected chi connectivity index (χ1v) is 10.2. The van der Waals surface area contributed by atoms with Crippen molar-refractivity contribution in [2.75, 3.05) is 23.8 Å². The highest BCUT2D eigenvalue weighted by Crippen LogP contribution is 2.29. The van der Waals surface area contributed by atoms with Gasteiger partial charge in [0.1, 0.15) is 0 Å². The van der Waals surface area contributed by atoms with Gasteiger partial charge in [-0.15, -0.1) is 0 Å². The Balaban J connectivity index is 1.60. The second-order valence-corrected chi connectivity index (χ2v) is 7.23. The van der Waals surface area contributed by atoms with Crippen LogP contribution in [0.1, 0.15) is 12.5 Å². The summed E-state index contributed by atoms with van der Waals surface area (Å²) in [6.07, 6.45) is 0. The molecule has 3 aromatic rings. The molecular weight excluding hydrogens is 423 g/mol. The zero-order valence-corrected chi connectivity index (χ0v) is 18.0. The monoisotopic (exact) mass is 444 g/mol. The molecule has 3 aromatic carbocycles. The number of hydrogen-bond donors (Lipinski definition) is 2. The van der Waals surface area contributed by atoms with E-state index < -0.39 is 0 Å². The van der Waals surface area contributed by atoms with Crippen LogP contribution in [0.2, 0.25) is 10.0 Å². The number of halogens is 2. The van der Waals surface area contributed by atoms with Gasteiger partial charge >= 0.3 is 0 Å². The molecule has 0 aliphatic heterocycles. The number of benzene rings is 3. The summed E-state index contributed by atoms with van der Waals surface area (Å²) >= 11 is 12.0. The van der Waals surface area contributed by atoms with Gasteiger partial charge in [0.2, 0.25) is 0 Å². The van der Waals surface area contributed by atoms with Gasteiger partial charge in [0.15, 0.2) is 18.1 Å². The van der Waals surface area contributed by atoms with Crippen LogP contribution in [0, 0.1) is 0 Å². The second-order valence-electron chi connectivity index (χ2n) is 6.39. The molecule has 2 N–H and O–H groups in total. The van der Waals surface area contributed by atoms with E-state index in [0.29, 0.717) is 40.4 Å². The third-order valence-electron chi connectivity index (χ3n) is 4.15. The van der Waals surface area contributed by atoms with E-state index in [-0.39, 0.29) is 12.5 Å². The Morgan fingerprint density at radius 2 is 1.70 bits per heavy atom. The summed E-state index contributed by atoms with van der Waals surface area (Å²) in [5, 5.41) is 7.33. The van der Waals surface area contributed by atoms with Crippen molar-refractivity contribution in [2.45, 2.75) is 13.5 Å². The van der Waals surface area contributed by atoms with Crippen molar-refractivity contribution in [2.24, 2.45) is 0 Å². The van der Waals surface area contributed by atoms with Crippen LogP contribution in [-0.2, 0) is 11.3 Å². The number of para-hydroxylation sites is 1. The van der Waals surface area contributed by atoms with Crippen LogP contribution in [-0.4, -0.2) is 19.1 Å². The Labute approximate surface area is 185 Å². The molecular formula is C23H22Cl2N2O3. The highest BCUT2D eigenvalue weighted by Gasteiger charge is 2.10. The number of carbonyl (C=O) groups is 1. The topological polar surface area (TPSA) is 59.6 Å². The van der Waals surface area contributed by atoms with Gasteiger partial charge in [-0.25, -0.2) is 0 Å². The molecule has 7 heteroatoms. The molecule has 0 saturated heterocycles. The zero-order chi connectivity index (χ0) is 21.3. The van der Waals surface area contributed by atoms with Crippen molar-refractivity contribution < 1.29 is 14.3 Å². The second kappa shape index (κ2) is 10.8. The number of amides is 1. The molecule has 1 amide bonds. The lowest BCUT2D eigenvalue weighted by molar-refractivity contribution is -0.118. The standard InChI is InChI=1S/C23H22Cl2N2O3/c1-2-29-22-13-16(14-26-20-6-4-3-5-19(20)25)7-12-21(22)30-15-23(28)27-18-10-8-17(24)9-11-18/h3-13,26H,2,14-15H2,1H3,(H,27,28). The highest BCUT2D eigenvalue weighted by molar-refractivity contribution is 6.33. The molecule has 0 heterocycles. The van der Waals surface area contributed by atoms with Crippen LogP contribution < -0.4 is 20.1 Å². The minimum atomic E-state index is -0.274. The molecule has 0 bridgehead atoms. The fraction of sp³-hybridized carbons (Fsp3) is 0.174. The molecule has 30 heavy (non-hydrogen) atoms. The highest BCUT2D eigenvalue weighted by atomic mass is 35.5. The van der Waals surface area contributed by atoms with Gasteiger partial charge in [0, 0.05) is 17.3 Å². The maximum atomic E-state index is 12.2. The van der Waals surface area contributed by atoms with Crippen LogP contribution in [0.15, 0.2) is 66.7 Å². The molecule has 3 rings (SSSR count). The number of anilines is 2. The van der Waals surface area contributed by atoms with Gasteiger partial charge in [0.25, 0.3) is 5.91 Å². The van der Waals surface area contributed by atoms with Crippen LogP contribution in [0.4, 0.5) is 11.4 Å². The number of rotatable bonds is 9. The minimum absolute atomic E-state index is 0.139. The molecule has 0 aromatic heterocycles. The largest absolute Gasteiger partial charge is 0.490 e. The Morgan fingerprint density at radius 1 is 0.933 bits per heavy atom. The summed E-state index contributed by atoms with van der Waals surface area (Å²) in [5.74, 6) is 0.809. The van der Waals surface area contributed by atoms with Gasteiger partial charge < -0.3 is 20.1 Å². The summed E-state index contributed by atoms with van der Waals surface area (Å²) in [6, 6.07) is 20.0. The van der Waals surface area contributed by atoms with Gasteiger partial charge in [-0.2, -0.15) is 0 Å². The van der Waals surface area contributed by atoms with E-state index in [1.807, 2.05) is 43.3 Å². The van der Waals surface area contributed by atoms with Crippen LogP contribution in [0.3, 0.4) is 0 Å². The van der Waals surface area contributed by atoms with Crippen molar-refractivity contribution in [1.82, 2.24) is 0 Å². The summed E-state index contributed by atoms with van der Waals surface area (Å²) in [6.45, 7) is 2.81. The molecule has 0 unspecified atom stereocenters. The van der Waals surface area contributed by atoms with Crippen molar-refractivity contribution in [3.8, 4) is 11.5 Å². The lowest BCUT2D eigenvalue weighted by Crippen LogP contribution is -2.20. The lowest BCUT2D eigenvalue weighted by Gasteiger charge is -2.14. The lowest BCUT2D eigenvalue weighted by atomic mass is 10.2. The van der Waals surface area contributed by atoms with Crippen molar-refractivity contribution in [3.05, 3.63) is 82.3 Å². The van der Waals surface area contributed by atoms with Crippen molar-refractivity contribution >= 4 is 40.5 Å². The van der Waals surface area contributed by atoms with E-state index >= 15 is 0 Å². The number of nitrogens with one attached hydrogen (secondary N) is 2. The number of carbonyl (C=O) groups excluding carboxylic acids is 1. The van der Waals surface area contributed by atoms with Crippen LogP contribution in [0.25, 0.3) is 0 Å². The van der Waals surface area contributed by atoms with E-state index in [4.69, 9.17) is 32.7 Å². The molecule has 0 atom stereocenters. The molecule has 0 saturated carbocycles. The van der Waals surface area contributed by atoms with E-state index in [0.717, 1.165) is 11.3 Å². The molecule has 0 radical (unpaired) electrons. The van der Waals surface area contributed by atoms with Gasteiger partial charge in [0.05, 0.1) is 17.3 Å². The van der Waals surface area contributed by atoms with Gasteiger partial charge in [-0.3, -0.25) is 4.79 Å². The van der Waals surface area contributed by atoms with E-state index in [2.05, 4.69) is 10.6 Å². The first-order valence-electron chi connectivity index (χ1n) is 9.47. The molecule has 156 valence electrons. The van der Waals surface area contributed by atoms with E-state index in [9.17, 15) is 4.79 Å². The minimum Gasteiger partial charge on any atom is -0.490 e. The summed E-state index contributed by atoms with van der Waals surface area (Å²) in [5.41, 5.74) is 2.51. The quantitative estimate of drug-likeness (QED) is 0.423. The van der Waals surface area contributed by atoms with Crippen LogP contribution in [0.5, 0.6) is 11.5 Å².